The average molecular weight is 317 g/mol. The summed E-state index contributed by atoms with van der Waals surface area (Å²) in [6, 6.07) is 12.3. The fourth-order valence-electron chi connectivity index (χ4n) is 2.02. The Hall–Kier alpha value is -2.01. The number of thiophene rings is 1. The van der Waals surface area contributed by atoms with Crippen molar-refractivity contribution in [1.82, 2.24) is 10.6 Å². The molecular formula is C17H23N3OS. The summed E-state index contributed by atoms with van der Waals surface area (Å²) in [5, 5.41) is 6.56. The van der Waals surface area contributed by atoms with Gasteiger partial charge >= 0.3 is 0 Å². The number of guanidine groups is 1. The van der Waals surface area contributed by atoms with Crippen LogP contribution in [0.2, 0.25) is 0 Å². The fraction of sp³-hybridized carbons (Fsp3) is 0.353. The Morgan fingerprint density at radius 2 is 1.95 bits per heavy atom. The Morgan fingerprint density at radius 3 is 2.64 bits per heavy atom. The first kappa shape index (κ1) is 16.4. The highest BCUT2D eigenvalue weighted by Gasteiger charge is 2.01. The normalized spacial score (nSPS) is 11.3. The van der Waals surface area contributed by atoms with Crippen LogP contribution in [0.15, 0.2) is 41.4 Å². The third kappa shape index (κ3) is 5.07. The van der Waals surface area contributed by atoms with Gasteiger partial charge in [-0.2, -0.15) is 0 Å². The number of nitrogens with zero attached hydrogens (tertiary/aromatic N) is 1. The van der Waals surface area contributed by atoms with Crippen molar-refractivity contribution in [2.75, 3.05) is 20.2 Å². The number of para-hydroxylation sites is 1. The Bertz CT molecular complexity index is 622. The Kier molecular flexibility index (Phi) is 6.27. The number of hydrogen-bond acceptors (Lipinski definition) is 3. The molecule has 0 aliphatic heterocycles. The second-order valence-corrected chi connectivity index (χ2v) is 6.35. The number of aryl methyl sites for hydroxylation is 2. The molecule has 0 saturated heterocycles. The molecule has 2 aromatic rings. The molecule has 1 heterocycles. The van der Waals surface area contributed by atoms with Crippen LogP contribution in [0, 0.1) is 13.8 Å². The standard InChI is InChI=1S/C17H23N3OS/c1-13-6-4-5-7-16(13)21-11-10-19-17(18-3)20-12-15-9-8-14(2)22-15/h4-9H,10-12H2,1-3H3,(H2,18,19,20). The summed E-state index contributed by atoms with van der Waals surface area (Å²) in [6.45, 7) is 6.26. The van der Waals surface area contributed by atoms with E-state index in [0.29, 0.717) is 13.2 Å². The van der Waals surface area contributed by atoms with Gasteiger partial charge in [-0.25, -0.2) is 0 Å². The van der Waals surface area contributed by atoms with E-state index in [4.69, 9.17) is 4.74 Å². The van der Waals surface area contributed by atoms with Crippen LogP contribution in [0.3, 0.4) is 0 Å². The van der Waals surface area contributed by atoms with E-state index in [1.807, 2.05) is 31.2 Å². The topological polar surface area (TPSA) is 45.7 Å². The number of rotatable bonds is 6. The summed E-state index contributed by atoms with van der Waals surface area (Å²) < 4.78 is 5.75. The maximum absolute atomic E-state index is 5.75. The molecule has 4 nitrogen and oxygen atoms in total. The fourth-order valence-corrected chi connectivity index (χ4v) is 2.85. The second-order valence-electron chi connectivity index (χ2n) is 4.98. The minimum Gasteiger partial charge on any atom is -0.491 e. The lowest BCUT2D eigenvalue weighted by Crippen LogP contribution is -2.38. The van der Waals surface area contributed by atoms with Gasteiger partial charge in [-0.1, -0.05) is 18.2 Å². The summed E-state index contributed by atoms with van der Waals surface area (Å²) in [7, 11) is 1.78. The molecule has 1 aromatic carbocycles. The van der Waals surface area contributed by atoms with Crippen molar-refractivity contribution in [2.24, 2.45) is 4.99 Å². The third-order valence-corrected chi connectivity index (χ3v) is 4.20. The van der Waals surface area contributed by atoms with Gasteiger partial charge in [-0.15, -0.1) is 11.3 Å². The monoisotopic (exact) mass is 317 g/mol. The summed E-state index contributed by atoms with van der Waals surface area (Å²) in [5.74, 6) is 1.72. The van der Waals surface area contributed by atoms with Crippen molar-refractivity contribution >= 4 is 17.3 Å². The quantitative estimate of drug-likeness (QED) is 0.489. The molecule has 5 heteroatoms. The zero-order valence-corrected chi connectivity index (χ0v) is 14.2. The number of hydrogen-bond donors (Lipinski definition) is 2. The minimum atomic E-state index is 0.601. The lowest BCUT2D eigenvalue weighted by molar-refractivity contribution is 0.320. The van der Waals surface area contributed by atoms with E-state index < -0.39 is 0 Å². The van der Waals surface area contributed by atoms with Gasteiger partial charge in [0.1, 0.15) is 12.4 Å². The van der Waals surface area contributed by atoms with Gasteiger partial charge in [0.15, 0.2) is 5.96 Å². The molecule has 0 amide bonds. The van der Waals surface area contributed by atoms with Gasteiger partial charge in [0.05, 0.1) is 13.1 Å². The number of aliphatic imine (C=N–C) groups is 1. The van der Waals surface area contributed by atoms with Crippen molar-refractivity contribution in [1.29, 1.82) is 0 Å². The molecule has 0 aliphatic rings. The predicted octanol–water partition coefficient (Wildman–Crippen LogP) is 3.11. The number of benzene rings is 1. The molecule has 0 atom stereocenters. The molecule has 0 bridgehead atoms. The molecule has 22 heavy (non-hydrogen) atoms. The highest BCUT2D eigenvalue weighted by atomic mass is 32.1. The molecule has 0 saturated carbocycles. The summed E-state index contributed by atoms with van der Waals surface area (Å²) in [4.78, 5) is 6.84. The zero-order valence-electron chi connectivity index (χ0n) is 13.3. The molecule has 0 unspecified atom stereocenters. The van der Waals surface area contributed by atoms with Crippen LogP contribution < -0.4 is 15.4 Å². The van der Waals surface area contributed by atoms with Gasteiger partial charge in [0.2, 0.25) is 0 Å². The van der Waals surface area contributed by atoms with E-state index in [0.717, 1.165) is 23.8 Å². The maximum atomic E-state index is 5.75. The lowest BCUT2D eigenvalue weighted by atomic mass is 10.2. The Morgan fingerprint density at radius 1 is 1.14 bits per heavy atom. The highest BCUT2D eigenvalue weighted by molar-refractivity contribution is 7.11. The van der Waals surface area contributed by atoms with Crippen molar-refractivity contribution in [3.05, 3.63) is 51.7 Å². The molecule has 118 valence electrons. The smallest absolute Gasteiger partial charge is 0.191 e. The summed E-state index contributed by atoms with van der Waals surface area (Å²) in [5.41, 5.74) is 1.15. The Balaban J connectivity index is 1.69. The number of ether oxygens (including phenoxy) is 1. The number of nitrogens with one attached hydrogen (secondary N) is 2. The van der Waals surface area contributed by atoms with E-state index in [2.05, 4.69) is 34.7 Å². The van der Waals surface area contributed by atoms with Gasteiger partial charge < -0.3 is 15.4 Å². The van der Waals surface area contributed by atoms with Gasteiger partial charge in [0, 0.05) is 16.8 Å². The maximum Gasteiger partial charge on any atom is 0.191 e. The first-order valence-corrected chi connectivity index (χ1v) is 8.19. The third-order valence-electron chi connectivity index (χ3n) is 3.20. The largest absolute Gasteiger partial charge is 0.491 e. The second kappa shape index (κ2) is 8.44. The highest BCUT2D eigenvalue weighted by Crippen LogP contribution is 2.15. The molecule has 0 fully saturated rings. The van der Waals surface area contributed by atoms with Crippen molar-refractivity contribution < 1.29 is 4.74 Å². The molecule has 0 aliphatic carbocycles. The average Bonchev–Trinajstić information content (AvgIpc) is 2.94. The molecule has 0 spiro atoms. The molecule has 2 rings (SSSR count). The molecular weight excluding hydrogens is 294 g/mol. The van der Waals surface area contributed by atoms with E-state index >= 15 is 0 Å². The van der Waals surface area contributed by atoms with Gasteiger partial charge in [-0.05, 0) is 37.6 Å². The first-order valence-electron chi connectivity index (χ1n) is 7.37. The molecule has 0 radical (unpaired) electrons. The van der Waals surface area contributed by atoms with Gasteiger partial charge in [0.25, 0.3) is 0 Å². The van der Waals surface area contributed by atoms with Crippen LogP contribution in [0.5, 0.6) is 5.75 Å². The predicted molar refractivity (Wildman–Crippen MR) is 93.9 cm³/mol. The van der Waals surface area contributed by atoms with E-state index in [1.54, 1.807) is 18.4 Å². The minimum absolute atomic E-state index is 0.601. The van der Waals surface area contributed by atoms with Crippen LogP contribution in [-0.4, -0.2) is 26.2 Å². The summed E-state index contributed by atoms with van der Waals surface area (Å²) in [6.07, 6.45) is 0. The van der Waals surface area contributed by atoms with Crippen LogP contribution in [-0.2, 0) is 6.54 Å². The van der Waals surface area contributed by atoms with Crippen LogP contribution >= 0.6 is 11.3 Å². The summed E-state index contributed by atoms with van der Waals surface area (Å²) >= 11 is 1.80. The van der Waals surface area contributed by atoms with Crippen LogP contribution in [0.25, 0.3) is 0 Å². The van der Waals surface area contributed by atoms with E-state index in [9.17, 15) is 0 Å². The van der Waals surface area contributed by atoms with Crippen LogP contribution in [0.1, 0.15) is 15.3 Å². The SMILES string of the molecule is CN=C(NCCOc1ccccc1C)NCc1ccc(C)s1. The van der Waals surface area contributed by atoms with Crippen LogP contribution in [0.4, 0.5) is 0 Å². The van der Waals surface area contributed by atoms with Crippen molar-refractivity contribution in [3.63, 3.8) is 0 Å². The van der Waals surface area contributed by atoms with Crippen molar-refractivity contribution in [3.8, 4) is 5.75 Å². The zero-order chi connectivity index (χ0) is 15.8. The Labute approximate surface area is 136 Å². The van der Waals surface area contributed by atoms with Gasteiger partial charge in [-0.3, -0.25) is 4.99 Å². The molecule has 2 N–H and O–H groups in total. The molecule has 1 aromatic heterocycles. The van der Waals surface area contributed by atoms with E-state index in [-0.39, 0.29) is 0 Å². The first-order chi connectivity index (χ1) is 10.7. The van der Waals surface area contributed by atoms with Crippen molar-refractivity contribution in [2.45, 2.75) is 20.4 Å². The lowest BCUT2D eigenvalue weighted by Gasteiger charge is -2.12. The van der Waals surface area contributed by atoms with E-state index in [1.165, 1.54) is 9.75 Å².